The van der Waals surface area contributed by atoms with Crippen molar-refractivity contribution in [1.29, 1.82) is 0 Å². The number of amides is 4. The molecule has 0 aliphatic carbocycles. The number of unbranched alkanes of at least 4 members (excludes halogenated alkanes) is 2. The molecule has 1 aliphatic heterocycles. The third-order valence-corrected chi connectivity index (χ3v) is 4.94. The smallest absolute Gasteiger partial charge is 0.253 e. The molecule has 0 saturated carbocycles. The number of carbonyl (C=O) groups is 5. The maximum atomic E-state index is 12.6. The van der Waals surface area contributed by atoms with Crippen LogP contribution in [0, 0.1) is 11.3 Å². The average molecular weight is 422 g/mol. The highest BCUT2D eigenvalue weighted by Crippen LogP contribution is 2.17. The van der Waals surface area contributed by atoms with Crippen molar-refractivity contribution in [3.05, 3.63) is 12.2 Å². The Hall–Kier alpha value is -2.51. The number of imide groups is 1. The van der Waals surface area contributed by atoms with Gasteiger partial charge >= 0.3 is 0 Å². The summed E-state index contributed by atoms with van der Waals surface area (Å²) in [6, 6.07) is -1.36. The van der Waals surface area contributed by atoms with Crippen molar-refractivity contribution in [2.75, 3.05) is 6.54 Å². The second-order valence-electron chi connectivity index (χ2n) is 9.11. The number of Topliss-reactive ketones (excluding diaryl/α,β-unsaturated/α-hetero) is 1. The summed E-state index contributed by atoms with van der Waals surface area (Å²) in [6.07, 6.45) is 4.63. The molecule has 0 aromatic carbocycles. The van der Waals surface area contributed by atoms with E-state index in [2.05, 4.69) is 10.6 Å². The Morgan fingerprint density at radius 3 is 2.00 bits per heavy atom. The molecular formula is C22H35N3O5. The van der Waals surface area contributed by atoms with Gasteiger partial charge in [-0.25, -0.2) is 0 Å². The van der Waals surface area contributed by atoms with E-state index in [1.165, 1.54) is 17.1 Å². The average Bonchev–Trinajstić information content (AvgIpc) is 2.95. The minimum absolute atomic E-state index is 0.0742. The van der Waals surface area contributed by atoms with E-state index in [9.17, 15) is 24.0 Å². The van der Waals surface area contributed by atoms with Crippen LogP contribution < -0.4 is 10.6 Å². The molecule has 1 heterocycles. The van der Waals surface area contributed by atoms with Gasteiger partial charge in [0.25, 0.3) is 11.8 Å². The molecule has 0 radical (unpaired) electrons. The van der Waals surface area contributed by atoms with Crippen LogP contribution in [0.3, 0.4) is 0 Å². The van der Waals surface area contributed by atoms with Gasteiger partial charge in [0.1, 0.15) is 6.04 Å². The van der Waals surface area contributed by atoms with Crippen molar-refractivity contribution >= 4 is 29.4 Å². The summed E-state index contributed by atoms with van der Waals surface area (Å²) in [4.78, 5) is 61.3. The maximum Gasteiger partial charge on any atom is 0.253 e. The van der Waals surface area contributed by atoms with Crippen molar-refractivity contribution in [2.24, 2.45) is 11.3 Å². The number of nitrogens with zero attached hydrogens (tertiary/aromatic N) is 1. The van der Waals surface area contributed by atoms with Gasteiger partial charge in [0.2, 0.25) is 11.8 Å². The number of ketones is 1. The fraction of sp³-hybridized carbons (Fsp3) is 0.682. The van der Waals surface area contributed by atoms with E-state index in [-0.39, 0.29) is 41.8 Å². The van der Waals surface area contributed by atoms with E-state index in [4.69, 9.17) is 0 Å². The lowest BCUT2D eigenvalue weighted by molar-refractivity contribution is -0.137. The van der Waals surface area contributed by atoms with Crippen molar-refractivity contribution in [1.82, 2.24) is 15.5 Å². The molecule has 0 saturated heterocycles. The zero-order valence-electron chi connectivity index (χ0n) is 18.9. The van der Waals surface area contributed by atoms with Crippen LogP contribution in [0.15, 0.2) is 12.2 Å². The summed E-state index contributed by atoms with van der Waals surface area (Å²) >= 11 is 0. The third kappa shape index (κ3) is 7.72. The van der Waals surface area contributed by atoms with Gasteiger partial charge in [0.15, 0.2) is 5.78 Å². The molecule has 2 N–H and O–H groups in total. The van der Waals surface area contributed by atoms with E-state index < -0.39 is 17.5 Å². The van der Waals surface area contributed by atoms with Gasteiger partial charge in [-0.3, -0.25) is 28.9 Å². The number of carbonyl (C=O) groups excluding carboxylic acids is 5. The van der Waals surface area contributed by atoms with Gasteiger partial charge in [-0.1, -0.05) is 41.0 Å². The fourth-order valence-corrected chi connectivity index (χ4v) is 3.18. The Morgan fingerprint density at radius 1 is 0.933 bits per heavy atom. The lowest BCUT2D eigenvalue weighted by atomic mass is 9.87. The standard InChI is InChI=1S/C22H35N3O5/c1-14(2)19(21(30)23-15(3)20(29)22(4,5)6)24-16(26)10-8-7-9-13-25-17(27)11-12-18(25)28/h11-12,14-15,19H,7-10,13H2,1-6H3,(H,23,30)(H,24,26)/t15-,19-/m0/s1. The summed E-state index contributed by atoms with van der Waals surface area (Å²) in [5, 5.41) is 5.46. The summed E-state index contributed by atoms with van der Waals surface area (Å²) in [7, 11) is 0. The summed E-state index contributed by atoms with van der Waals surface area (Å²) in [6.45, 7) is 11.0. The predicted molar refractivity (Wildman–Crippen MR) is 113 cm³/mol. The predicted octanol–water partition coefficient (Wildman–Crippen LogP) is 1.73. The molecule has 0 unspecified atom stereocenters. The molecule has 0 aromatic rings. The minimum atomic E-state index is -0.723. The van der Waals surface area contributed by atoms with Gasteiger partial charge < -0.3 is 10.6 Å². The van der Waals surface area contributed by atoms with Crippen LogP contribution in [0.4, 0.5) is 0 Å². The molecular weight excluding hydrogens is 386 g/mol. The van der Waals surface area contributed by atoms with Crippen LogP contribution in [0.1, 0.15) is 67.2 Å². The molecule has 0 spiro atoms. The molecule has 1 aliphatic rings. The Morgan fingerprint density at radius 2 is 1.50 bits per heavy atom. The van der Waals surface area contributed by atoms with E-state index in [1.54, 1.807) is 27.7 Å². The van der Waals surface area contributed by atoms with Gasteiger partial charge in [-0.05, 0) is 25.7 Å². The molecule has 8 nitrogen and oxygen atoms in total. The second kappa shape index (κ2) is 11.0. The van der Waals surface area contributed by atoms with Crippen molar-refractivity contribution in [2.45, 2.75) is 79.3 Å². The minimum Gasteiger partial charge on any atom is -0.345 e. The number of nitrogens with one attached hydrogen (secondary N) is 2. The van der Waals surface area contributed by atoms with Crippen LogP contribution in [0.25, 0.3) is 0 Å². The Balaban J connectivity index is 2.42. The molecule has 0 aromatic heterocycles. The first-order valence-corrected chi connectivity index (χ1v) is 10.5. The van der Waals surface area contributed by atoms with Gasteiger partial charge in [-0.2, -0.15) is 0 Å². The largest absolute Gasteiger partial charge is 0.345 e. The molecule has 168 valence electrons. The molecule has 0 bridgehead atoms. The highest BCUT2D eigenvalue weighted by Gasteiger charge is 2.31. The first-order chi connectivity index (χ1) is 13.8. The molecule has 8 heteroatoms. The summed E-state index contributed by atoms with van der Waals surface area (Å²) in [5.74, 6) is -1.43. The van der Waals surface area contributed by atoms with Crippen molar-refractivity contribution in [3.8, 4) is 0 Å². The second-order valence-corrected chi connectivity index (χ2v) is 9.11. The van der Waals surface area contributed by atoms with Crippen LogP contribution in [0.2, 0.25) is 0 Å². The molecule has 4 amide bonds. The van der Waals surface area contributed by atoms with Crippen molar-refractivity contribution < 1.29 is 24.0 Å². The van der Waals surface area contributed by atoms with Gasteiger partial charge in [0, 0.05) is 30.5 Å². The lowest BCUT2D eigenvalue weighted by Gasteiger charge is -2.26. The number of hydrogen-bond acceptors (Lipinski definition) is 5. The van der Waals surface area contributed by atoms with E-state index >= 15 is 0 Å². The van der Waals surface area contributed by atoms with Crippen LogP contribution in [-0.4, -0.2) is 52.9 Å². The quantitative estimate of drug-likeness (QED) is 0.390. The number of rotatable bonds is 11. The fourth-order valence-electron chi connectivity index (χ4n) is 3.18. The lowest BCUT2D eigenvalue weighted by Crippen LogP contribution is -2.54. The van der Waals surface area contributed by atoms with Gasteiger partial charge in [0.05, 0.1) is 6.04 Å². The molecule has 2 atom stereocenters. The Labute approximate surface area is 178 Å². The normalized spacial score (nSPS) is 16.0. The van der Waals surface area contributed by atoms with Crippen molar-refractivity contribution in [3.63, 3.8) is 0 Å². The number of hydrogen-bond donors (Lipinski definition) is 2. The van der Waals surface area contributed by atoms with Crippen LogP contribution in [-0.2, 0) is 24.0 Å². The van der Waals surface area contributed by atoms with Gasteiger partial charge in [-0.15, -0.1) is 0 Å². The Kier molecular flexibility index (Phi) is 9.39. The molecule has 0 fully saturated rings. The first kappa shape index (κ1) is 25.5. The SMILES string of the molecule is CC(C)[C@H](NC(=O)CCCCCN1C(=O)C=CC1=O)C(=O)N[C@@H](C)C(=O)C(C)(C)C. The third-order valence-electron chi connectivity index (χ3n) is 4.94. The van der Waals surface area contributed by atoms with E-state index in [0.29, 0.717) is 25.8 Å². The summed E-state index contributed by atoms with van der Waals surface area (Å²) < 4.78 is 0. The Bertz CT molecular complexity index is 688. The zero-order chi connectivity index (χ0) is 23.1. The summed E-state index contributed by atoms with van der Waals surface area (Å²) in [5.41, 5.74) is -0.566. The monoisotopic (exact) mass is 421 g/mol. The van der Waals surface area contributed by atoms with Crippen LogP contribution >= 0.6 is 0 Å². The maximum absolute atomic E-state index is 12.6. The highest BCUT2D eigenvalue weighted by atomic mass is 16.2. The molecule has 30 heavy (non-hydrogen) atoms. The highest BCUT2D eigenvalue weighted by molar-refractivity contribution is 6.12. The van der Waals surface area contributed by atoms with E-state index in [1.807, 2.05) is 13.8 Å². The zero-order valence-corrected chi connectivity index (χ0v) is 18.9. The van der Waals surface area contributed by atoms with Crippen LogP contribution in [0.5, 0.6) is 0 Å². The molecule has 1 rings (SSSR count). The first-order valence-electron chi connectivity index (χ1n) is 10.5. The topological polar surface area (TPSA) is 113 Å². The van der Waals surface area contributed by atoms with E-state index in [0.717, 1.165) is 0 Å².